The van der Waals surface area contributed by atoms with E-state index in [1.807, 2.05) is 12.1 Å². The number of piperidine rings is 1. The van der Waals surface area contributed by atoms with E-state index in [9.17, 15) is 4.39 Å². The van der Waals surface area contributed by atoms with Gasteiger partial charge in [-0.05, 0) is 50.6 Å². The molecule has 0 spiro atoms. The molecule has 2 aromatic rings. The van der Waals surface area contributed by atoms with Crippen molar-refractivity contribution in [3.05, 3.63) is 65.5 Å². The lowest BCUT2D eigenvalue weighted by molar-refractivity contribution is -0.159. The summed E-state index contributed by atoms with van der Waals surface area (Å²) < 4.78 is 14.0. The average Bonchev–Trinajstić information content (AvgIpc) is 2.82. The predicted molar refractivity (Wildman–Crippen MR) is 125 cm³/mol. The van der Waals surface area contributed by atoms with Crippen LogP contribution in [0.25, 0.3) is 0 Å². The summed E-state index contributed by atoms with van der Waals surface area (Å²) in [5.74, 6) is -3.75. The van der Waals surface area contributed by atoms with Crippen molar-refractivity contribution in [2.45, 2.75) is 32.4 Å². The number of halogens is 1. The van der Waals surface area contributed by atoms with E-state index in [0.29, 0.717) is 6.04 Å². The first-order chi connectivity index (χ1) is 15.8. The first-order valence-electron chi connectivity index (χ1n) is 11.3. The van der Waals surface area contributed by atoms with Crippen molar-refractivity contribution in [2.75, 3.05) is 44.2 Å². The molecule has 0 aliphatic carbocycles. The Morgan fingerprint density at radius 2 is 1.45 bits per heavy atom. The molecule has 33 heavy (non-hydrogen) atoms. The maximum atomic E-state index is 14.0. The lowest BCUT2D eigenvalue weighted by atomic mass is 10.0. The van der Waals surface area contributed by atoms with E-state index >= 15 is 0 Å². The number of aliphatic carboxylic acids is 2. The van der Waals surface area contributed by atoms with Crippen molar-refractivity contribution in [3.63, 3.8) is 0 Å². The normalized spacial score (nSPS) is 17.8. The summed E-state index contributed by atoms with van der Waals surface area (Å²) in [7, 11) is 0. The van der Waals surface area contributed by atoms with Crippen LogP contribution >= 0.6 is 0 Å². The molecule has 0 radical (unpaired) electrons. The van der Waals surface area contributed by atoms with Gasteiger partial charge in [-0.15, -0.1) is 0 Å². The van der Waals surface area contributed by atoms with Crippen LogP contribution in [0.15, 0.2) is 48.5 Å². The third kappa shape index (κ3) is 7.27. The number of piperazine rings is 1. The lowest BCUT2D eigenvalue weighted by Crippen LogP contribution is -2.53. The highest BCUT2D eigenvalue weighted by atomic mass is 19.1. The number of hydrogen-bond donors (Lipinski definition) is 2. The molecule has 2 aliphatic rings. The van der Waals surface area contributed by atoms with E-state index in [1.165, 1.54) is 37.1 Å². The largest absolute Gasteiger partial charge is 0.473 e. The number of rotatable bonds is 4. The van der Waals surface area contributed by atoms with Crippen LogP contribution in [0.2, 0.25) is 0 Å². The van der Waals surface area contributed by atoms with Gasteiger partial charge in [0, 0.05) is 38.8 Å². The third-order valence-electron chi connectivity index (χ3n) is 6.29. The Labute approximate surface area is 194 Å². The van der Waals surface area contributed by atoms with Gasteiger partial charge < -0.3 is 15.1 Å². The van der Waals surface area contributed by atoms with Gasteiger partial charge in [0.1, 0.15) is 5.82 Å². The maximum absolute atomic E-state index is 14.0. The number of hydrogen-bond acceptors (Lipinski definition) is 5. The second kappa shape index (κ2) is 11.8. The number of carboxylic acid groups (broad SMARTS) is 2. The molecule has 0 saturated carbocycles. The van der Waals surface area contributed by atoms with E-state index in [4.69, 9.17) is 19.8 Å². The summed E-state index contributed by atoms with van der Waals surface area (Å²) in [4.78, 5) is 25.6. The minimum atomic E-state index is -1.82. The molecular formula is C25H32FN3O4. The molecule has 0 bridgehead atoms. The third-order valence-corrected chi connectivity index (χ3v) is 6.29. The van der Waals surface area contributed by atoms with Gasteiger partial charge in [-0.2, -0.15) is 0 Å². The number of carboxylic acids is 2. The molecule has 2 aromatic carbocycles. The summed E-state index contributed by atoms with van der Waals surface area (Å²) >= 11 is 0. The van der Waals surface area contributed by atoms with Gasteiger partial charge in [-0.25, -0.2) is 14.0 Å². The first-order valence-corrected chi connectivity index (χ1v) is 11.3. The van der Waals surface area contributed by atoms with Gasteiger partial charge in [0.2, 0.25) is 0 Å². The summed E-state index contributed by atoms with van der Waals surface area (Å²) in [6.45, 7) is 9.47. The van der Waals surface area contributed by atoms with Crippen LogP contribution in [-0.4, -0.2) is 77.3 Å². The molecule has 4 rings (SSSR count). The molecule has 2 heterocycles. The molecule has 2 saturated heterocycles. The second-order valence-corrected chi connectivity index (χ2v) is 8.58. The number of carbonyl (C=O) groups is 2. The van der Waals surface area contributed by atoms with Crippen LogP contribution in [0.4, 0.5) is 10.1 Å². The molecule has 0 amide bonds. The summed E-state index contributed by atoms with van der Waals surface area (Å²) in [6.07, 6.45) is 2.48. The van der Waals surface area contributed by atoms with Crippen molar-refractivity contribution >= 4 is 17.6 Å². The van der Waals surface area contributed by atoms with Gasteiger partial charge in [0.25, 0.3) is 0 Å². The highest BCUT2D eigenvalue weighted by molar-refractivity contribution is 6.27. The minimum absolute atomic E-state index is 0.102. The molecule has 7 nitrogen and oxygen atoms in total. The minimum Gasteiger partial charge on any atom is -0.473 e. The smallest absolute Gasteiger partial charge is 0.414 e. The molecule has 2 fully saturated rings. The van der Waals surface area contributed by atoms with Crippen LogP contribution in [-0.2, 0) is 16.1 Å². The summed E-state index contributed by atoms with van der Waals surface area (Å²) in [6, 6.07) is 16.7. The van der Waals surface area contributed by atoms with Crippen LogP contribution in [0, 0.1) is 12.7 Å². The lowest BCUT2D eigenvalue weighted by Gasteiger charge is -2.43. The number of nitrogens with zero attached hydrogens (tertiary/aromatic N) is 3. The maximum Gasteiger partial charge on any atom is 0.414 e. The Balaban J connectivity index is 0.000000454. The molecule has 0 aromatic heterocycles. The number of benzene rings is 2. The molecule has 8 heteroatoms. The standard InChI is InChI=1S/C23H30FN3.C2H2O4/c1-19-6-8-20(9-7-19)18-25-12-10-21(11-13-25)26-14-16-27(17-15-26)23-5-3-2-4-22(23)24;3-1(4)2(5)6/h2-9,21H,10-18H2,1H3;(H,3,4)(H,5,6). The topological polar surface area (TPSA) is 84.3 Å². The molecule has 2 aliphatic heterocycles. The van der Waals surface area contributed by atoms with E-state index < -0.39 is 11.9 Å². The molecule has 178 valence electrons. The predicted octanol–water partition coefficient (Wildman–Crippen LogP) is 3.08. The molecule has 0 atom stereocenters. The van der Waals surface area contributed by atoms with Crippen molar-refractivity contribution in [3.8, 4) is 0 Å². The van der Waals surface area contributed by atoms with E-state index in [1.54, 1.807) is 12.1 Å². The SMILES string of the molecule is Cc1ccc(CN2CCC(N3CCN(c4ccccc4F)CC3)CC2)cc1.O=C(O)C(=O)O. The van der Waals surface area contributed by atoms with E-state index in [0.717, 1.165) is 38.4 Å². The zero-order valence-electron chi connectivity index (χ0n) is 19.0. The molecular weight excluding hydrogens is 425 g/mol. The van der Waals surface area contributed by atoms with Crippen LogP contribution < -0.4 is 4.90 Å². The summed E-state index contributed by atoms with van der Waals surface area (Å²) in [5.41, 5.74) is 3.50. The zero-order valence-corrected chi connectivity index (χ0v) is 19.0. The number of likely N-dealkylation sites (tertiary alicyclic amines) is 1. The van der Waals surface area contributed by atoms with Crippen LogP contribution in [0.3, 0.4) is 0 Å². The van der Waals surface area contributed by atoms with Crippen molar-refractivity contribution < 1.29 is 24.2 Å². The Morgan fingerprint density at radius 3 is 2.00 bits per heavy atom. The highest BCUT2D eigenvalue weighted by Gasteiger charge is 2.28. The van der Waals surface area contributed by atoms with Crippen molar-refractivity contribution in [2.24, 2.45) is 0 Å². The molecule has 2 N–H and O–H groups in total. The second-order valence-electron chi connectivity index (χ2n) is 8.58. The quantitative estimate of drug-likeness (QED) is 0.683. The zero-order chi connectivity index (χ0) is 23.8. The fourth-order valence-corrected chi connectivity index (χ4v) is 4.43. The Bertz CT molecular complexity index is 910. The highest BCUT2D eigenvalue weighted by Crippen LogP contribution is 2.24. The Hall–Kier alpha value is -2.97. The van der Waals surface area contributed by atoms with E-state index in [-0.39, 0.29) is 5.82 Å². The van der Waals surface area contributed by atoms with Crippen LogP contribution in [0.5, 0.6) is 0 Å². The number of para-hydroxylation sites is 1. The van der Waals surface area contributed by atoms with Gasteiger partial charge in [0.15, 0.2) is 0 Å². The monoisotopic (exact) mass is 457 g/mol. The van der Waals surface area contributed by atoms with Crippen molar-refractivity contribution in [1.82, 2.24) is 9.80 Å². The van der Waals surface area contributed by atoms with Gasteiger partial charge in [-0.3, -0.25) is 9.80 Å². The van der Waals surface area contributed by atoms with Gasteiger partial charge >= 0.3 is 11.9 Å². The summed E-state index contributed by atoms with van der Waals surface area (Å²) in [5, 5.41) is 14.8. The van der Waals surface area contributed by atoms with Gasteiger partial charge in [0.05, 0.1) is 5.69 Å². The van der Waals surface area contributed by atoms with Crippen LogP contribution in [0.1, 0.15) is 24.0 Å². The Kier molecular flexibility index (Phi) is 8.79. The Morgan fingerprint density at radius 1 is 0.879 bits per heavy atom. The first kappa shape index (κ1) is 24.7. The van der Waals surface area contributed by atoms with Crippen molar-refractivity contribution in [1.29, 1.82) is 0 Å². The van der Waals surface area contributed by atoms with E-state index in [2.05, 4.69) is 45.9 Å². The average molecular weight is 458 g/mol. The molecule has 0 unspecified atom stereocenters. The fraction of sp³-hybridized carbons (Fsp3) is 0.440. The fourth-order valence-electron chi connectivity index (χ4n) is 4.43. The number of aryl methyl sites for hydroxylation is 1. The van der Waals surface area contributed by atoms with Gasteiger partial charge in [-0.1, -0.05) is 42.0 Å². The number of anilines is 1.